The number of halogens is 1. The van der Waals surface area contributed by atoms with E-state index >= 15 is 0 Å². The van der Waals surface area contributed by atoms with E-state index < -0.39 is 0 Å². The lowest BCUT2D eigenvalue weighted by atomic mass is 10.2. The highest BCUT2D eigenvalue weighted by Gasteiger charge is 2.10. The van der Waals surface area contributed by atoms with E-state index in [0.717, 1.165) is 0 Å². The fourth-order valence-corrected chi connectivity index (χ4v) is 1.92. The second-order valence-corrected chi connectivity index (χ2v) is 4.88. The van der Waals surface area contributed by atoms with Crippen molar-refractivity contribution in [3.63, 3.8) is 0 Å². The summed E-state index contributed by atoms with van der Waals surface area (Å²) in [5.74, 6) is -0.508. The molecule has 114 valence electrons. The minimum atomic E-state index is -0.310. The summed E-state index contributed by atoms with van der Waals surface area (Å²) in [5.41, 5.74) is 6.73. The first-order valence-electron chi connectivity index (χ1n) is 6.61. The molecule has 0 aliphatic carbocycles. The van der Waals surface area contributed by atoms with Gasteiger partial charge in [-0.25, -0.2) is 0 Å². The Labute approximate surface area is 132 Å². The first-order chi connectivity index (χ1) is 10.6. The Morgan fingerprint density at radius 1 is 1.14 bits per heavy atom. The standard InChI is InChI=1S/C15H15ClN4O2/c16-12-2-1-11(19-14(21)3-6-17)9-13(12)20-15(22)10-4-7-18-8-5-10/h1-2,4-5,7-9H,3,6,17H2,(H,19,21)(H,20,22). The van der Waals surface area contributed by atoms with E-state index in [4.69, 9.17) is 17.3 Å². The molecular weight excluding hydrogens is 304 g/mol. The average Bonchev–Trinajstić information content (AvgIpc) is 2.51. The number of carbonyl (C=O) groups excluding carboxylic acids is 2. The normalized spacial score (nSPS) is 10.1. The summed E-state index contributed by atoms with van der Waals surface area (Å²) in [4.78, 5) is 27.5. The Kier molecular flexibility index (Phi) is 5.46. The molecule has 0 saturated carbocycles. The van der Waals surface area contributed by atoms with Gasteiger partial charge in [0.2, 0.25) is 5.91 Å². The van der Waals surface area contributed by atoms with Crippen LogP contribution in [0.25, 0.3) is 0 Å². The minimum absolute atomic E-state index is 0.198. The third-order valence-electron chi connectivity index (χ3n) is 2.81. The van der Waals surface area contributed by atoms with Gasteiger partial charge in [0.15, 0.2) is 0 Å². The first kappa shape index (κ1) is 15.9. The van der Waals surface area contributed by atoms with Crippen molar-refractivity contribution in [3.8, 4) is 0 Å². The van der Waals surface area contributed by atoms with Crippen LogP contribution in [0.3, 0.4) is 0 Å². The Bertz CT molecular complexity index is 676. The van der Waals surface area contributed by atoms with E-state index in [1.807, 2.05) is 0 Å². The van der Waals surface area contributed by atoms with Gasteiger partial charge in [-0.15, -0.1) is 0 Å². The molecule has 7 heteroatoms. The Hall–Kier alpha value is -2.44. The number of aromatic nitrogens is 1. The first-order valence-corrected chi connectivity index (χ1v) is 6.99. The van der Waals surface area contributed by atoms with Crippen LogP contribution in [0.15, 0.2) is 42.7 Å². The molecule has 0 unspecified atom stereocenters. The molecule has 0 radical (unpaired) electrons. The topological polar surface area (TPSA) is 97.1 Å². The van der Waals surface area contributed by atoms with E-state index in [-0.39, 0.29) is 24.8 Å². The molecule has 0 bridgehead atoms. The number of nitrogens with zero attached hydrogens (tertiary/aromatic N) is 1. The summed E-state index contributed by atoms with van der Waals surface area (Å²) in [6.07, 6.45) is 3.28. The molecule has 22 heavy (non-hydrogen) atoms. The van der Waals surface area contributed by atoms with E-state index in [0.29, 0.717) is 22.0 Å². The number of amides is 2. The van der Waals surface area contributed by atoms with Gasteiger partial charge in [-0.05, 0) is 30.3 Å². The second kappa shape index (κ2) is 7.53. The number of hydrogen-bond acceptors (Lipinski definition) is 4. The lowest BCUT2D eigenvalue weighted by molar-refractivity contribution is -0.116. The monoisotopic (exact) mass is 318 g/mol. The fourth-order valence-electron chi connectivity index (χ4n) is 1.75. The van der Waals surface area contributed by atoms with Crippen molar-refractivity contribution in [1.29, 1.82) is 0 Å². The van der Waals surface area contributed by atoms with Crippen molar-refractivity contribution >= 4 is 34.8 Å². The van der Waals surface area contributed by atoms with E-state index in [1.165, 1.54) is 12.4 Å². The molecule has 6 nitrogen and oxygen atoms in total. The molecule has 1 heterocycles. The molecule has 1 aromatic heterocycles. The van der Waals surface area contributed by atoms with Gasteiger partial charge in [-0.1, -0.05) is 11.6 Å². The van der Waals surface area contributed by atoms with E-state index in [9.17, 15) is 9.59 Å². The third-order valence-corrected chi connectivity index (χ3v) is 3.14. The molecule has 1 aromatic carbocycles. The number of anilines is 2. The van der Waals surface area contributed by atoms with Gasteiger partial charge in [0.05, 0.1) is 10.7 Å². The zero-order valence-corrected chi connectivity index (χ0v) is 12.4. The molecule has 2 amide bonds. The molecule has 0 aliphatic rings. The van der Waals surface area contributed by atoms with Crippen LogP contribution in [0.2, 0.25) is 5.02 Å². The maximum Gasteiger partial charge on any atom is 0.255 e. The lowest BCUT2D eigenvalue weighted by Gasteiger charge is -2.10. The molecule has 4 N–H and O–H groups in total. The van der Waals surface area contributed by atoms with Crippen LogP contribution < -0.4 is 16.4 Å². The summed E-state index contributed by atoms with van der Waals surface area (Å²) in [5, 5.41) is 5.76. The van der Waals surface area contributed by atoms with Crippen LogP contribution in [0.1, 0.15) is 16.8 Å². The zero-order valence-electron chi connectivity index (χ0n) is 11.7. The number of benzene rings is 1. The Morgan fingerprint density at radius 3 is 2.55 bits per heavy atom. The second-order valence-electron chi connectivity index (χ2n) is 4.47. The van der Waals surface area contributed by atoms with Crippen molar-refractivity contribution in [3.05, 3.63) is 53.3 Å². The average molecular weight is 319 g/mol. The number of nitrogens with two attached hydrogens (primary N) is 1. The molecule has 0 saturated heterocycles. The van der Waals surface area contributed by atoms with Crippen LogP contribution in [0.5, 0.6) is 0 Å². The number of hydrogen-bond donors (Lipinski definition) is 3. The van der Waals surface area contributed by atoms with Crippen LogP contribution in [0, 0.1) is 0 Å². The van der Waals surface area contributed by atoms with Crippen molar-refractivity contribution in [2.75, 3.05) is 17.2 Å². The number of nitrogens with one attached hydrogen (secondary N) is 2. The molecule has 0 fully saturated rings. The van der Waals surface area contributed by atoms with Crippen molar-refractivity contribution in [2.45, 2.75) is 6.42 Å². The van der Waals surface area contributed by atoms with Gasteiger partial charge in [-0.2, -0.15) is 0 Å². The maximum absolute atomic E-state index is 12.1. The van der Waals surface area contributed by atoms with Gasteiger partial charge >= 0.3 is 0 Å². The third kappa shape index (κ3) is 4.28. The van der Waals surface area contributed by atoms with E-state index in [1.54, 1.807) is 30.3 Å². The molecule has 0 spiro atoms. The molecule has 2 aromatic rings. The van der Waals surface area contributed by atoms with Gasteiger partial charge < -0.3 is 16.4 Å². The van der Waals surface area contributed by atoms with Crippen LogP contribution >= 0.6 is 11.6 Å². The number of carbonyl (C=O) groups is 2. The molecule has 2 rings (SSSR count). The molecule has 0 atom stereocenters. The van der Waals surface area contributed by atoms with Crippen LogP contribution in [0.4, 0.5) is 11.4 Å². The number of pyridine rings is 1. The quantitative estimate of drug-likeness (QED) is 0.787. The van der Waals surface area contributed by atoms with Gasteiger partial charge in [-0.3, -0.25) is 14.6 Å². The summed E-state index contributed by atoms with van der Waals surface area (Å²) in [7, 11) is 0. The smallest absolute Gasteiger partial charge is 0.255 e. The predicted octanol–water partition coefficient (Wildman–Crippen LogP) is 2.27. The highest BCUT2D eigenvalue weighted by Crippen LogP contribution is 2.26. The Balaban J connectivity index is 2.13. The summed E-state index contributed by atoms with van der Waals surface area (Å²) < 4.78 is 0. The maximum atomic E-state index is 12.1. The van der Waals surface area contributed by atoms with Gasteiger partial charge in [0.25, 0.3) is 5.91 Å². The Morgan fingerprint density at radius 2 is 1.86 bits per heavy atom. The molecule has 0 aliphatic heterocycles. The predicted molar refractivity (Wildman–Crippen MR) is 85.9 cm³/mol. The highest BCUT2D eigenvalue weighted by molar-refractivity contribution is 6.34. The minimum Gasteiger partial charge on any atom is -0.330 e. The fraction of sp³-hybridized carbons (Fsp3) is 0.133. The summed E-state index contributed by atoms with van der Waals surface area (Å²) in [6, 6.07) is 8.03. The SMILES string of the molecule is NCCC(=O)Nc1ccc(Cl)c(NC(=O)c2ccncc2)c1. The van der Waals surface area contributed by atoms with Crippen LogP contribution in [-0.2, 0) is 4.79 Å². The largest absolute Gasteiger partial charge is 0.330 e. The lowest BCUT2D eigenvalue weighted by Crippen LogP contribution is -2.16. The highest BCUT2D eigenvalue weighted by atomic mass is 35.5. The zero-order chi connectivity index (χ0) is 15.9. The number of rotatable bonds is 5. The van der Waals surface area contributed by atoms with Crippen LogP contribution in [-0.4, -0.2) is 23.3 Å². The van der Waals surface area contributed by atoms with E-state index in [2.05, 4.69) is 15.6 Å². The summed E-state index contributed by atoms with van der Waals surface area (Å²) in [6.45, 7) is 0.269. The van der Waals surface area contributed by atoms with Crippen molar-refractivity contribution in [2.24, 2.45) is 5.73 Å². The summed E-state index contributed by atoms with van der Waals surface area (Å²) >= 11 is 6.07. The van der Waals surface area contributed by atoms with Crippen molar-refractivity contribution < 1.29 is 9.59 Å². The van der Waals surface area contributed by atoms with Gasteiger partial charge in [0.1, 0.15) is 0 Å². The van der Waals surface area contributed by atoms with Gasteiger partial charge in [0, 0.05) is 36.6 Å². The molecular formula is C15H15ClN4O2. The van der Waals surface area contributed by atoms with Crippen molar-refractivity contribution in [1.82, 2.24) is 4.98 Å².